The maximum absolute atomic E-state index is 6.05. The van der Waals surface area contributed by atoms with Crippen LogP contribution >= 0.6 is 31.9 Å². The zero-order valence-electron chi connectivity index (χ0n) is 11.5. The number of rotatable bonds is 7. The summed E-state index contributed by atoms with van der Waals surface area (Å²) in [6.07, 6.45) is 4.97. The maximum Gasteiger partial charge on any atom is 0.148 e. The van der Waals surface area contributed by atoms with Crippen molar-refractivity contribution < 1.29 is 4.74 Å². The van der Waals surface area contributed by atoms with Crippen molar-refractivity contribution in [2.45, 2.75) is 58.2 Å². The van der Waals surface area contributed by atoms with E-state index < -0.39 is 0 Å². The highest BCUT2D eigenvalue weighted by Crippen LogP contribution is 2.36. The van der Waals surface area contributed by atoms with Gasteiger partial charge in [0.25, 0.3) is 0 Å². The molecule has 1 aliphatic rings. The molecule has 1 aromatic carbocycles. The van der Waals surface area contributed by atoms with E-state index in [1.54, 1.807) is 0 Å². The predicted molar refractivity (Wildman–Crippen MR) is 86.7 cm³/mol. The Labute approximate surface area is 132 Å². The van der Waals surface area contributed by atoms with E-state index in [-0.39, 0.29) is 6.10 Å². The Bertz CT molecular complexity index is 405. The molecule has 0 unspecified atom stereocenters. The second kappa shape index (κ2) is 7.09. The van der Waals surface area contributed by atoms with Crippen molar-refractivity contribution in [3.05, 3.63) is 26.6 Å². The molecule has 0 spiro atoms. The lowest BCUT2D eigenvalue weighted by atomic mass is 10.2. The molecule has 1 fully saturated rings. The fourth-order valence-corrected chi connectivity index (χ4v) is 3.47. The average molecular weight is 391 g/mol. The number of nitrogens with one attached hydrogen (secondary N) is 1. The third kappa shape index (κ3) is 4.47. The molecule has 2 nitrogen and oxygen atoms in total. The molecule has 0 amide bonds. The van der Waals surface area contributed by atoms with Crippen molar-refractivity contribution in [2.24, 2.45) is 0 Å². The second-order valence-corrected chi connectivity index (χ2v) is 6.81. The Hall–Kier alpha value is -0.0600. The van der Waals surface area contributed by atoms with Crippen molar-refractivity contribution in [3.8, 4) is 5.75 Å². The van der Waals surface area contributed by atoms with Crippen LogP contribution in [0.5, 0.6) is 5.75 Å². The molecule has 0 aliphatic heterocycles. The monoisotopic (exact) mass is 389 g/mol. The number of benzene rings is 1. The van der Waals surface area contributed by atoms with Crippen LogP contribution in [0.25, 0.3) is 0 Å². The minimum absolute atomic E-state index is 0.281. The van der Waals surface area contributed by atoms with Gasteiger partial charge in [0.15, 0.2) is 0 Å². The van der Waals surface area contributed by atoms with Crippen molar-refractivity contribution in [1.29, 1.82) is 0 Å². The molecular formula is C15H21Br2NO. The van der Waals surface area contributed by atoms with Gasteiger partial charge >= 0.3 is 0 Å². The molecule has 1 saturated carbocycles. The van der Waals surface area contributed by atoms with Crippen LogP contribution in [0.3, 0.4) is 0 Å². The van der Waals surface area contributed by atoms with E-state index >= 15 is 0 Å². The van der Waals surface area contributed by atoms with Crippen LogP contribution in [0.2, 0.25) is 0 Å². The molecule has 0 saturated heterocycles. The summed E-state index contributed by atoms with van der Waals surface area (Å²) in [5, 5.41) is 3.53. The highest BCUT2D eigenvalue weighted by molar-refractivity contribution is 9.11. The fourth-order valence-electron chi connectivity index (χ4n) is 2.00. The van der Waals surface area contributed by atoms with Crippen molar-refractivity contribution in [3.63, 3.8) is 0 Å². The fraction of sp³-hybridized carbons (Fsp3) is 0.600. The molecule has 0 bridgehead atoms. The summed E-state index contributed by atoms with van der Waals surface area (Å²) in [5.41, 5.74) is 1.28. The quantitative estimate of drug-likeness (QED) is 0.704. The van der Waals surface area contributed by atoms with Gasteiger partial charge in [-0.25, -0.2) is 0 Å². The minimum Gasteiger partial charge on any atom is -0.488 e. The lowest BCUT2D eigenvalue weighted by molar-refractivity contribution is 0.190. The topological polar surface area (TPSA) is 21.3 Å². The number of ether oxygens (including phenoxy) is 1. The van der Waals surface area contributed by atoms with Gasteiger partial charge in [-0.1, -0.05) is 13.8 Å². The summed E-state index contributed by atoms with van der Waals surface area (Å²) in [4.78, 5) is 0. The van der Waals surface area contributed by atoms with Crippen molar-refractivity contribution in [2.75, 3.05) is 0 Å². The Kier molecular flexibility index (Phi) is 5.72. The lowest BCUT2D eigenvalue weighted by Crippen LogP contribution is -2.16. The van der Waals surface area contributed by atoms with Gasteiger partial charge in [0.1, 0.15) is 5.75 Å². The van der Waals surface area contributed by atoms with E-state index in [0.29, 0.717) is 0 Å². The first-order valence-electron chi connectivity index (χ1n) is 7.02. The van der Waals surface area contributed by atoms with E-state index in [1.165, 1.54) is 18.4 Å². The largest absolute Gasteiger partial charge is 0.488 e. The smallest absolute Gasteiger partial charge is 0.148 e. The zero-order chi connectivity index (χ0) is 13.8. The lowest BCUT2D eigenvalue weighted by Gasteiger charge is -2.19. The number of halogens is 2. The summed E-state index contributed by atoms with van der Waals surface area (Å²) in [5.74, 6) is 0.920. The van der Waals surface area contributed by atoms with Crippen LogP contribution in [0, 0.1) is 0 Å². The van der Waals surface area contributed by atoms with Gasteiger partial charge in [-0.3, -0.25) is 0 Å². The average Bonchev–Trinajstić information content (AvgIpc) is 3.20. The molecular weight excluding hydrogens is 370 g/mol. The normalized spacial score (nSPS) is 15.0. The van der Waals surface area contributed by atoms with Gasteiger partial charge in [0, 0.05) is 12.6 Å². The number of hydrogen-bond acceptors (Lipinski definition) is 2. The Balaban J connectivity index is 2.06. The van der Waals surface area contributed by atoms with E-state index in [0.717, 1.165) is 40.1 Å². The Morgan fingerprint density at radius 1 is 1.21 bits per heavy atom. The molecule has 2 rings (SSSR count). The van der Waals surface area contributed by atoms with Crippen LogP contribution in [-0.4, -0.2) is 12.1 Å². The first-order chi connectivity index (χ1) is 9.13. The van der Waals surface area contributed by atoms with Gasteiger partial charge in [-0.2, -0.15) is 0 Å². The molecule has 4 heteroatoms. The molecule has 0 heterocycles. The van der Waals surface area contributed by atoms with Crippen molar-refractivity contribution in [1.82, 2.24) is 5.32 Å². The molecule has 1 N–H and O–H groups in total. The standard InChI is InChI=1S/C15H21Br2NO/c1-3-12(4-2)19-15-13(16)7-10(8-14(15)17)9-18-11-5-6-11/h7-8,11-12,18H,3-6,9H2,1-2H3. The SMILES string of the molecule is CCC(CC)Oc1c(Br)cc(CNC2CC2)cc1Br. The first-order valence-corrected chi connectivity index (χ1v) is 8.60. The second-order valence-electron chi connectivity index (χ2n) is 5.10. The molecule has 106 valence electrons. The molecule has 1 aromatic rings. The zero-order valence-corrected chi connectivity index (χ0v) is 14.7. The van der Waals surface area contributed by atoms with E-state index in [9.17, 15) is 0 Å². The maximum atomic E-state index is 6.05. The van der Waals surface area contributed by atoms with Crippen LogP contribution < -0.4 is 10.1 Å². The third-order valence-electron chi connectivity index (χ3n) is 3.43. The summed E-state index contributed by atoms with van der Waals surface area (Å²) in [6.45, 7) is 5.24. The van der Waals surface area contributed by atoms with Gasteiger partial charge in [-0.05, 0) is 75.2 Å². The summed E-state index contributed by atoms with van der Waals surface area (Å²) >= 11 is 7.25. The minimum atomic E-state index is 0.281. The summed E-state index contributed by atoms with van der Waals surface area (Å²) < 4.78 is 8.11. The number of hydrogen-bond donors (Lipinski definition) is 1. The van der Waals surface area contributed by atoms with Gasteiger partial charge in [0.05, 0.1) is 15.0 Å². The molecule has 1 aliphatic carbocycles. The van der Waals surface area contributed by atoms with Gasteiger partial charge in [0.2, 0.25) is 0 Å². The van der Waals surface area contributed by atoms with Gasteiger partial charge in [-0.15, -0.1) is 0 Å². The summed E-state index contributed by atoms with van der Waals surface area (Å²) in [6, 6.07) is 5.04. The Morgan fingerprint density at radius 2 is 1.79 bits per heavy atom. The van der Waals surface area contributed by atoms with Crippen LogP contribution in [0.1, 0.15) is 45.1 Å². The van der Waals surface area contributed by atoms with Crippen LogP contribution in [-0.2, 0) is 6.54 Å². The van der Waals surface area contributed by atoms with Gasteiger partial charge < -0.3 is 10.1 Å². The van der Waals surface area contributed by atoms with Crippen LogP contribution in [0.4, 0.5) is 0 Å². The van der Waals surface area contributed by atoms with E-state index in [2.05, 4.69) is 63.2 Å². The highest BCUT2D eigenvalue weighted by Gasteiger charge is 2.20. The summed E-state index contributed by atoms with van der Waals surface area (Å²) in [7, 11) is 0. The third-order valence-corrected chi connectivity index (χ3v) is 4.60. The molecule has 0 aromatic heterocycles. The van der Waals surface area contributed by atoms with Crippen LogP contribution in [0.15, 0.2) is 21.1 Å². The highest BCUT2D eigenvalue weighted by atomic mass is 79.9. The first kappa shape index (κ1) is 15.3. The molecule has 0 atom stereocenters. The molecule has 0 radical (unpaired) electrons. The van der Waals surface area contributed by atoms with E-state index in [4.69, 9.17) is 4.74 Å². The van der Waals surface area contributed by atoms with Crippen molar-refractivity contribution >= 4 is 31.9 Å². The van der Waals surface area contributed by atoms with E-state index in [1.807, 2.05) is 0 Å². The predicted octanol–water partition coefficient (Wildman–Crippen LogP) is 5.03. The Morgan fingerprint density at radius 3 is 2.26 bits per heavy atom. The molecule has 19 heavy (non-hydrogen) atoms.